The van der Waals surface area contributed by atoms with Gasteiger partial charge < -0.3 is 9.47 Å². The second-order valence-electron chi connectivity index (χ2n) is 13.5. The van der Waals surface area contributed by atoms with E-state index in [9.17, 15) is 22.6 Å². The second kappa shape index (κ2) is 38.6. The Hall–Kier alpha value is -0.670. The van der Waals surface area contributed by atoms with Crippen molar-refractivity contribution in [2.24, 2.45) is 0 Å². The quantitative estimate of drug-likeness (QED) is 0.0226. The van der Waals surface area contributed by atoms with E-state index in [1.54, 1.807) is 0 Å². The Bertz CT molecular complexity index is 904. The summed E-state index contributed by atoms with van der Waals surface area (Å²) < 4.78 is 43.3. The van der Waals surface area contributed by atoms with Gasteiger partial charge in [0.2, 0.25) is 0 Å². The SMILES string of the molecule is CCCCCCCCC=CCCCCCCCCOC(=O)CC(C(=O)OCCCCCCCCC=CCCCCCCCC)S(=O)(=O)O.[Na]. The number of carbonyl (C=O) groups is 2. The molecule has 0 bridgehead atoms. The van der Waals surface area contributed by atoms with Crippen LogP contribution in [-0.4, -0.2) is 72.9 Å². The first-order valence-corrected chi connectivity index (χ1v) is 21.4. The summed E-state index contributed by atoms with van der Waals surface area (Å²) in [6.45, 7) is 4.73. The molecule has 0 aliphatic heterocycles. The van der Waals surface area contributed by atoms with E-state index >= 15 is 0 Å². The Labute approximate surface area is 324 Å². The van der Waals surface area contributed by atoms with Crippen molar-refractivity contribution in [2.75, 3.05) is 13.2 Å². The molecule has 1 radical (unpaired) electrons. The molecule has 49 heavy (non-hydrogen) atoms. The average molecular weight is 722 g/mol. The Morgan fingerprint density at radius 1 is 0.510 bits per heavy atom. The fourth-order valence-corrected chi connectivity index (χ4v) is 6.33. The molecule has 0 aromatic rings. The molecule has 7 nitrogen and oxygen atoms in total. The fraction of sp³-hybridized carbons (Fsp3) is 0.850. The number of rotatable bonds is 36. The van der Waals surface area contributed by atoms with Crippen molar-refractivity contribution in [1.82, 2.24) is 0 Å². The third-order valence-corrected chi connectivity index (χ3v) is 9.87. The zero-order valence-electron chi connectivity index (χ0n) is 32.1. The molecule has 0 saturated heterocycles. The van der Waals surface area contributed by atoms with Gasteiger partial charge in [-0.3, -0.25) is 14.1 Å². The summed E-state index contributed by atoms with van der Waals surface area (Å²) in [7, 11) is -4.78. The predicted octanol–water partition coefficient (Wildman–Crippen LogP) is 11.4. The molecule has 1 N–H and O–H groups in total. The van der Waals surface area contributed by atoms with Gasteiger partial charge in [-0.1, -0.05) is 154 Å². The van der Waals surface area contributed by atoms with E-state index in [1.165, 1.54) is 109 Å². The number of esters is 2. The molecule has 0 amide bonds. The molecule has 1 atom stereocenters. The molecule has 0 aliphatic rings. The second-order valence-corrected chi connectivity index (χ2v) is 15.1. The van der Waals surface area contributed by atoms with Crippen molar-refractivity contribution in [2.45, 2.75) is 205 Å². The Kier molecular flexibility index (Phi) is 39.7. The summed E-state index contributed by atoms with van der Waals surface area (Å²) in [5.41, 5.74) is 0. The van der Waals surface area contributed by atoms with Crippen LogP contribution in [0.15, 0.2) is 24.3 Å². The van der Waals surface area contributed by atoms with Gasteiger partial charge in [0.05, 0.1) is 19.6 Å². The molecule has 9 heteroatoms. The van der Waals surface area contributed by atoms with Crippen molar-refractivity contribution >= 4 is 51.6 Å². The Morgan fingerprint density at radius 2 is 0.816 bits per heavy atom. The summed E-state index contributed by atoms with van der Waals surface area (Å²) in [6, 6.07) is 0. The normalized spacial score (nSPS) is 12.4. The van der Waals surface area contributed by atoms with Gasteiger partial charge in [0.15, 0.2) is 5.25 Å². The number of hydrogen-bond donors (Lipinski definition) is 1. The average Bonchev–Trinajstić information content (AvgIpc) is 3.05. The van der Waals surface area contributed by atoms with Gasteiger partial charge in [0.1, 0.15) is 0 Å². The molecule has 283 valence electrons. The van der Waals surface area contributed by atoms with E-state index in [0.717, 1.165) is 57.8 Å². The van der Waals surface area contributed by atoms with E-state index in [2.05, 4.69) is 38.2 Å². The molecule has 0 fully saturated rings. The smallest absolute Gasteiger partial charge is 0.327 e. The van der Waals surface area contributed by atoms with Crippen LogP contribution in [0.4, 0.5) is 0 Å². The van der Waals surface area contributed by atoms with Gasteiger partial charge in [-0.25, -0.2) is 0 Å². The van der Waals surface area contributed by atoms with Gasteiger partial charge in [-0.2, -0.15) is 8.42 Å². The maximum Gasteiger partial charge on any atom is 0.327 e. The molecule has 1 unspecified atom stereocenters. The molecule has 0 aliphatic carbocycles. The van der Waals surface area contributed by atoms with E-state index in [-0.39, 0.29) is 42.8 Å². The number of allylic oxidation sites excluding steroid dienone is 4. The predicted molar refractivity (Wildman–Crippen MR) is 207 cm³/mol. The summed E-state index contributed by atoms with van der Waals surface area (Å²) in [5.74, 6) is -1.92. The minimum Gasteiger partial charge on any atom is -0.466 e. The van der Waals surface area contributed by atoms with Crippen molar-refractivity contribution in [3.05, 3.63) is 24.3 Å². The summed E-state index contributed by atoms with van der Waals surface area (Å²) in [5, 5.41) is -1.95. The maximum atomic E-state index is 12.3. The van der Waals surface area contributed by atoms with Crippen LogP contribution in [0.1, 0.15) is 200 Å². The fourth-order valence-electron chi connectivity index (χ4n) is 5.67. The van der Waals surface area contributed by atoms with E-state index in [0.29, 0.717) is 12.8 Å². The van der Waals surface area contributed by atoms with Crippen LogP contribution in [0.25, 0.3) is 0 Å². The summed E-state index contributed by atoms with van der Waals surface area (Å²) in [6.07, 6.45) is 41.2. The zero-order chi connectivity index (χ0) is 35.4. The standard InChI is InChI=1S/C40H74O7S.Na/c1-3-5-7-9-11-13-15-17-19-21-23-25-27-29-31-33-35-46-39(41)37-38(48(43,44)45)40(42)47-36-34-32-30-28-26-24-22-20-18-16-14-12-10-8-6-4-2;/h17-20,38H,3-16,21-37H2,1-2H3,(H,43,44,45);. The molecule has 0 rings (SSSR count). The Morgan fingerprint density at radius 3 is 1.16 bits per heavy atom. The summed E-state index contributed by atoms with van der Waals surface area (Å²) >= 11 is 0. The van der Waals surface area contributed by atoms with E-state index < -0.39 is 33.7 Å². The van der Waals surface area contributed by atoms with Gasteiger partial charge in [-0.05, 0) is 64.2 Å². The number of hydrogen-bond acceptors (Lipinski definition) is 6. The number of unbranched alkanes of at least 4 members (excludes halogenated alkanes) is 24. The van der Waals surface area contributed by atoms with Crippen molar-refractivity contribution in [3.63, 3.8) is 0 Å². The van der Waals surface area contributed by atoms with E-state index in [4.69, 9.17) is 9.47 Å². The molecule has 0 heterocycles. The van der Waals surface area contributed by atoms with Gasteiger partial charge in [0.25, 0.3) is 10.1 Å². The molecule has 0 saturated carbocycles. The number of carbonyl (C=O) groups excluding carboxylic acids is 2. The topological polar surface area (TPSA) is 107 Å². The minimum atomic E-state index is -4.78. The van der Waals surface area contributed by atoms with Gasteiger partial charge in [0, 0.05) is 29.6 Å². The summed E-state index contributed by atoms with van der Waals surface area (Å²) in [4.78, 5) is 24.5. The molecular weight excluding hydrogens is 647 g/mol. The van der Waals surface area contributed by atoms with Crippen molar-refractivity contribution in [1.29, 1.82) is 0 Å². The minimum absolute atomic E-state index is 0. The van der Waals surface area contributed by atoms with Crippen molar-refractivity contribution in [3.8, 4) is 0 Å². The van der Waals surface area contributed by atoms with Crippen LogP contribution < -0.4 is 0 Å². The maximum absolute atomic E-state index is 12.3. The molecular formula is C40H74NaO7S. The first-order valence-electron chi connectivity index (χ1n) is 19.9. The molecule has 0 spiro atoms. The molecule has 0 aromatic carbocycles. The van der Waals surface area contributed by atoms with Crippen LogP contribution in [0.5, 0.6) is 0 Å². The third kappa shape index (κ3) is 36.9. The van der Waals surface area contributed by atoms with Crippen LogP contribution >= 0.6 is 0 Å². The third-order valence-electron chi connectivity index (χ3n) is 8.79. The molecule has 0 aromatic heterocycles. The largest absolute Gasteiger partial charge is 0.466 e. The van der Waals surface area contributed by atoms with Crippen LogP contribution in [0, 0.1) is 0 Å². The zero-order valence-corrected chi connectivity index (χ0v) is 34.9. The van der Waals surface area contributed by atoms with Crippen molar-refractivity contribution < 1.29 is 32.0 Å². The van der Waals surface area contributed by atoms with Gasteiger partial charge >= 0.3 is 11.9 Å². The van der Waals surface area contributed by atoms with Crippen LogP contribution in [-0.2, 0) is 29.2 Å². The van der Waals surface area contributed by atoms with E-state index in [1.807, 2.05) is 0 Å². The number of ether oxygens (including phenoxy) is 2. The Balaban J connectivity index is 0. The van der Waals surface area contributed by atoms with Crippen LogP contribution in [0.3, 0.4) is 0 Å². The monoisotopic (exact) mass is 722 g/mol. The first-order chi connectivity index (χ1) is 23.3. The first kappa shape index (κ1) is 50.4. The van der Waals surface area contributed by atoms with Gasteiger partial charge in [-0.15, -0.1) is 0 Å². The van der Waals surface area contributed by atoms with Crippen LogP contribution in [0.2, 0.25) is 0 Å².